The van der Waals surface area contributed by atoms with Gasteiger partial charge in [-0.05, 0) is 108 Å². The number of amides is 5. The fourth-order valence-electron chi connectivity index (χ4n) is 9.46. The van der Waals surface area contributed by atoms with Gasteiger partial charge in [0.25, 0.3) is 5.91 Å². The Hall–Kier alpha value is -8.04. The number of alkyl halides is 3. The number of aldehydes is 2. The number of allylic oxidation sites excluding steroid dienone is 1. The lowest BCUT2D eigenvalue weighted by atomic mass is 9.86. The van der Waals surface area contributed by atoms with E-state index < -0.39 is 11.7 Å². The number of likely N-dealkylation sites (tertiary alicyclic amines) is 1. The minimum absolute atomic E-state index is 0.0153. The summed E-state index contributed by atoms with van der Waals surface area (Å²) < 4.78 is 50.5. The highest BCUT2D eigenvalue weighted by Gasteiger charge is 2.36. The molecule has 1 saturated heterocycles. The topological polar surface area (TPSA) is 291 Å². The minimum atomic E-state index is -4.64. The summed E-state index contributed by atoms with van der Waals surface area (Å²) in [5.74, 6) is 2.71. The van der Waals surface area contributed by atoms with E-state index in [1.807, 2.05) is 29.8 Å². The zero-order chi connectivity index (χ0) is 62.8. The Morgan fingerprint density at radius 3 is 2.25 bits per heavy atom. The van der Waals surface area contributed by atoms with Crippen molar-refractivity contribution in [2.24, 2.45) is 36.3 Å². The summed E-state index contributed by atoms with van der Waals surface area (Å²) in [5.41, 5.74) is 11.0. The first-order chi connectivity index (χ1) is 40.0. The van der Waals surface area contributed by atoms with Crippen molar-refractivity contribution in [2.45, 2.75) is 143 Å². The Labute approximate surface area is 491 Å². The average molecular weight is 1180 g/mol. The number of carbonyl (C=O) groups is 7. The van der Waals surface area contributed by atoms with Gasteiger partial charge < -0.3 is 45.9 Å². The van der Waals surface area contributed by atoms with Crippen LogP contribution in [0.3, 0.4) is 0 Å². The first-order valence-electron chi connectivity index (χ1n) is 27.8. The molecule has 0 spiro atoms. The largest absolute Gasteiger partial charge is 0.416 e. The van der Waals surface area contributed by atoms with Gasteiger partial charge in [0.05, 0.1) is 31.3 Å². The highest BCUT2D eigenvalue weighted by Crippen LogP contribution is 2.36. The van der Waals surface area contributed by atoms with Crippen molar-refractivity contribution < 1.29 is 56.3 Å². The molecule has 1 fully saturated rings. The number of benzene rings is 2. The van der Waals surface area contributed by atoms with Gasteiger partial charge in [-0.3, -0.25) is 33.7 Å². The van der Waals surface area contributed by atoms with Gasteiger partial charge in [0.2, 0.25) is 25.1 Å². The van der Waals surface area contributed by atoms with E-state index in [0.717, 1.165) is 66.4 Å². The van der Waals surface area contributed by atoms with Crippen LogP contribution in [0.15, 0.2) is 67.2 Å². The monoisotopic (exact) mass is 1170 g/mol. The molecular weight excluding hydrogens is 1090 g/mol. The smallest absolute Gasteiger partial charge is 0.382 e. The number of pyridine rings is 1. The summed E-state index contributed by atoms with van der Waals surface area (Å²) in [4.78, 5) is 88.9. The van der Waals surface area contributed by atoms with Crippen molar-refractivity contribution in [3.8, 4) is 6.07 Å². The Bertz CT molecular complexity index is 2730. The second kappa shape index (κ2) is 38.7. The molecule has 4 atom stereocenters. The van der Waals surface area contributed by atoms with E-state index in [4.69, 9.17) is 24.4 Å². The van der Waals surface area contributed by atoms with Gasteiger partial charge in [0.1, 0.15) is 42.1 Å². The average Bonchev–Trinajstić information content (AvgIpc) is 3.86. The molecule has 21 nitrogen and oxygen atoms in total. The molecule has 84 heavy (non-hydrogen) atoms. The van der Waals surface area contributed by atoms with Crippen LogP contribution in [0, 0.1) is 29.1 Å². The number of anilines is 2. The van der Waals surface area contributed by atoms with Crippen molar-refractivity contribution in [1.82, 2.24) is 35.0 Å². The van der Waals surface area contributed by atoms with Gasteiger partial charge >= 0.3 is 6.18 Å². The maximum atomic E-state index is 14.4. The number of nitrogens with one attached hydrogen (secondary N) is 2. The lowest BCUT2D eigenvalue weighted by Gasteiger charge is -2.31. The number of hydrogen-bond acceptors (Lipinski definition) is 15. The number of nitriles is 1. The summed E-state index contributed by atoms with van der Waals surface area (Å²) in [6.45, 7) is 17.0. The van der Waals surface area contributed by atoms with Crippen LogP contribution < -0.4 is 27.0 Å². The number of piperidine rings is 1. The molecule has 0 bridgehead atoms. The molecule has 2 aromatic heterocycles. The second-order valence-corrected chi connectivity index (χ2v) is 21.0. The van der Waals surface area contributed by atoms with Crippen LogP contribution in [-0.4, -0.2) is 113 Å². The molecule has 4 aromatic rings. The molecular formula is C60H85F3N12O9. The third-order valence-electron chi connectivity index (χ3n) is 13.7. The van der Waals surface area contributed by atoms with E-state index in [0.29, 0.717) is 99.7 Å². The normalized spacial score (nSPS) is 13.9. The van der Waals surface area contributed by atoms with Gasteiger partial charge in [0, 0.05) is 90.4 Å². The SMILES string of the molecule is C=C(CCCC(=O)NC(C(C)C)C(C)c1ccc(COCCC#N)cc1)ON(C)C(=O)CCC=O.C[C@@H](CCc1nncn1C)Cc1cc(NC=O)nc(N(C)Cc2c(C=O)cc(CN3CCC[C@H](C)C3)cc2C(F)(F)F)c1.NC=O.NC=O. The number of halogens is 3. The van der Waals surface area contributed by atoms with Gasteiger partial charge in [-0.1, -0.05) is 65.5 Å². The number of rotatable bonds is 30. The molecule has 1 aliphatic heterocycles. The van der Waals surface area contributed by atoms with Gasteiger partial charge in [-0.2, -0.15) is 23.5 Å². The van der Waals surface area contributed by atoms with E-state index in [9.17, 15) is 37.1 Å². The molecule has 24 heteroatoms. The van der Waals surface area contributed by atoms with Gasteiger partial charge in [0.15, 0.2) is 0 Å². The number of carbonyl (C=O) groups excluding carboxylic acids is 7. The van der Waals surface area contributed by atoms with Crippen molar-refractivity contribution in [1.29, 1.82) is 5.26 Å². The van der Waals surface area contributed by atoms with Crippen molar-refractivity contribution >= 4 is 55.3 Å². The zero-order valence-corrected chi connectivity index (χ0v) is 49.7. The maximum Gasteiger partial charge on any atom is 0.416 e. The summed E-state index contributed by atoms with van der Waals surface area (Å²) in [6.07, 6.45) is 5.51. The van der Waals surface area contributed by atoms with Crippen LogP contribution in [0.5, 0.6) is 0 Å². The fourth-order valence-corrected chi connectivity index (χ4v) is 9.46. The van der Waals surface area contributed by atoms with Crippen LogP contribution >= 0.6 is 0 Å². The van der Waals surface area contributed by atoms with Crippen LogP contribution in [0.1, 0.15) is 148 Å². The number of ether oxygens (including phenoxy) is 1. The quantitative estimate of drug-likeness (QED) is 0.0167. The lowest BCUT2D eigenvalue weighted by Crippen LogP contribution is -2.42. The molecule has 460 valence electrons. The number of primary amides is 2. The van der Waals surface area contributed by atoms with E-state index >= 15 is 0 Å². The minimum Gasteiger partial charge on any atom is -0.382 e. The third kappa shape index (κ3) is 26.5. The number of aryl methyl sites for hydroxylation is 2. The van der Waals surface area contributed by atoms with E-state index in [1.165, 1.54) is 13.1 Å². The first kappa shape index (κ1) is 72.1. The Morgan fingerprint density at radius 2 is 1.67 bits per heavy atom. The summed E-state index contributed by atoms with van der Waals surface area (Å²) >= 11 is 0. The highest BCUT2D eigenvalue weighted by molar-refractivity contribution is 5.79. The van der Waals surface area contributed by atoms with E-state index in [2.05, 4.69) is 102 Å². The van der Waals surface area contributed by atoms with Crippen molar-refractivity contribution in [3.05, 3.63) is 112 Å². The Morgan fingerprint density at radius 1 is 0.976 bits per heavy atom. The molecule has 0 aliphatic carbocycles. The summed E-state index contributed by atoms with van der Waals surface area (Å²) in [7, 11) is 5.01. The predicted octanol–water partition coefficient (Wildman–Crippen LogP) is 7.91. The first-order valence-corrected chi connectivity index (χ1v) is 27.8. The molecule has 0 radical (unpaired) electrons. The number of nitrogens with zero attached hydrogens (tertiary/aromatic N) is 8. The zero-order valence-electron chi connectivity index (χ0n) is 49.7. The number of nitrogens with two attached hydrogens (primary N) is 2. The predicted molar refractivity (Wildman–Crippen MR) is 313 cm³/mol. The van der Waals surface area contributed by atoms with Crippen LogP contribution in [0.2, 0.25) is 0 Å². The molecule has 0 saturated carbocycles. The number of hydroxylamine groups is 2. The second-order valence-electron chi connectivity index (χ2n) is 21.0. The lowest BCUT2D eigenvalue weighted by molar-refractivity contribution is -0.166. The van der Waals surface area contributed by atoms with Crippen molar-refractivity contribution in [3.63, 3.8) is 0 Å². The summed E-state index contributed by atoms with van der Waals surface area (Å²) in [6, 6.07) is 16.5. The molecule has 5 amide bonds. The molecule has 2 aromatic carbocycles. The Kier molecular flexibility index (Phi) is 33.2. The number of hydrogen-bond donors (Lipinski definition) is 4. The molecule has 6 N–H and O–H groups in total. The van der Waals surface area contributed by atoms with Crippen molar-refractivity contribution in [2.75, 3.05) is 44.0 Å². The Balaban J connectivity index is 0.000000534. The van der Waals surface area contributed by atoms with Crippen LogP contribution in [0.4, 0.5) is 24.8 Å². The van der Waals surface area contributed by atoms with Gasteiger partial charge in [-0.15, -0.1) is 10.2 Å². The van der Waals surface area contributed by atoms with E-state index in [-0.39, 0.29) is 78.9 Å². The van der Waals surface area contributed by atoms with E-state index in [1.54, 1.807) is 30.4 Å². The molecule has 2 unspecified atom stereocenters. The fraction of sp³-hybridized carbons (Fsp3) is 0.517. The molecule has 1 aliphatic rings. The molecule has 3 heterocycles. The van der Waals surface area contributed by atoms with Crippen LogP contribution in [0.25, 0.3) is 0 Å². The summed E-state index contributed by atoms with van der Waals surface area (Å²) in [5, 5.41) is 23.4. The van der Waals surface area contributed by atoms with Crippen LogP contribution in [-0.2, 0) is 84.1 Å². The standard InChI is InChI=1S/C31H40F3N7O2.C27H39N3O5.2CH3NO/c1-21(7-8-29-38-36-19-40(29)4)10-23-13-28(35-20-43)37-30(14-23)39(3)17-26-25(18-42)11-24(12-27(26)31(32,33)34)16-41-9-5-6-22(2)15-41;1-20(2)27(22(4)24-14-12-23(13-15-24)19-34-18-8-16-28)29-25(32)10-6-9-21(3)35-30(5)26(33)11-7-17-31;2*2-1-3/h11-14,18-22H,5-10,15-17H2,1-4H3,(H,35,37,43);12-15,17,20,22,27H,3,6-11,18-19H2,1-2,4-5H3,(H,29,32);2*1H,(H2,2,3)/t21-,22-;;;/m0.../s1. The highest BCUT2D eigenvalue weighted by atomic mass is 19.4. The maximum absolute atomic E-state index is 14.4. The van der Waals surface area contributed by atoms with Gasteiger partial charge in [-0.25, -0.2) is 4.98 Å². The third-order valence-corrected chi connectivity index (χ3v) is 13.7. The molecule has 5 rings (SSSR count). The number of aromatic nitrogens is 4.